The summed E-state index contributed by atoms with van der Waals surface area (Å²) >= 11 is 4.53. The maximum absolute atomic E-state index is 10.9. The third-order valence-electron chi connectivity index (χ3n) is 1.48. The Morgan fingerprint density at radius 3 is 2.55 bits per heavy atom. The van der Waals surface area contributed by atoms with E-state index in [1.165, 1.54) is 5.37 Å². The van der Waals surface area contributed by atoms with Gasteiger partial charge in [-0.2, -0.15) is 0 Å². The summed E-state index contributed by atoms with van der Waals surface area (Å²) in [6, 6.07) is 0. The van der Waals surface area contributed by atoms with Crippen LogP contribution in [0.4, 0.5) is 0 Å². The van der Waals surface area contributed by atoms with Gasteiger partial charge >= 0.3 is 0 Å². The zero-order valence-corrected chi connectivity index (χ0v) is 7.91. The molecule has 0 N–H and O–H groups in total. The van der Waals surface area contributed by atoms with E-state index in [0.717, 1.165) is 6.42 Å². The van der Waals surface area contributed by atoms with Gasteiger partial charge in [0.25, 0.3) is 0 Å². The van der Waals surface area contributed by atoms with Gasteiger partial charge in [0.05, 0.1) is 0 Å². The van der Waals surface area contributed by atoms with Crippen LogP contribution in [0.1, 0.15) is 26.7 Å². The van der Waals surface area contributed by atoms with E-state index in [9.17, 15) is 4.79 Å². The smallest absolute Gasteiger partial charge is 0.166 e. The van der Waals surface area contributed by atoms with E-state index in [4.69, 9.17) is 0 Å². The number of hydrogen-bond acceptors (Lipinski definition) is 2. The Kier molecular flexibility index (Phi) is 4.19. The van der Waals surface area contributed by atoms with Crippen molar-refractivity contribution in [2.75, 3.05) is 0 Å². The predicted molar refractivity (Wildman–Crippen MR) is 51.9 cm³/mol. The Labute approximate surface area is 73.5 Å². The molecule has 0 aromatic carbocycles. The van der Waals surface area contributed by atoms with E-state index in [1.807, 2.05) is 19.9 Å². The molecule has 0 rings (SSSR count). The SMILES string of the molecule is C=CCC(C)(C)CC(=O)C=S. The molecule has 0 aliphatic rings. The van der Waals surface area contributed by atoms with Crippen molar-refractivity contribution in [2.45, 2.75) is 26.7 Å². The molecule has 0 amide bonds. The first-order valence-corrected chi connectivity index (χ1v) is 4.08. The van der Waals surface area contributed by atoms with E-state index >= 15 is 0 Å². The number of Topliss-reactive ketones (excluding diaryl/α,β-unsaturated/α-hetero) is 1. The van der Waals surface area contributed by atoms with E-state index in [2.05, 4.69) is 18.8 Å². The van der Waals surface area contributed by atoms with Crippen LogP contribution in [-0.4, -0.2) is 11.2 Å². The van der Waals surface area contributed by atoms with E-state index in [-0.39, 0.29) is 11.2 Å². The van der Waals surface area contributed by atoms with Crippen molar-refractivity contribution in [3.05, 3.63) is 12.7 Å². The second-order valence-corrected chi connectivity index (χ2v) is 3.65. The number of ketones is 1. The molecule has 0 radical (unpaired) electrons. The molecule has 0 saturated heterocycles. The Hall–Kier alpha value is -0.500. The second-order valence-electron chi connectivity index (χ2n) is 3.42. The Morgan fingerprint density at radius 1 is 1.64 bits per heavy atom. The Balaban J connectivity index is 3.99. The van der Waals surface area contributed by atoms with Gasteiger partial charge < -0.3 is 0 Å². The van der Waals surface area contributed by atoms with Crippen LogP contribution in [0.5, 0.6) is 0 Å². The number of rotatable bonds is 5. The van der Waals surface area contributed by atoms with Crippen molar-refractivity contribution in [2.24, 2.45) is 5.41 Å². The molecule has 0 heterocycles. The van der Waals surface area contributed by atoms with E-state index < -0.39 is 0 Å². The van der Waals surface area contributed by atoms with Crippen LogP contribution < -0.4 is 0 Å². The first-order valence-electron chi connectivity index (χ1n) is 3.61. The summed E-state index contributed by atoms with van der Waals surface area (Å²) in [5, 5.41) is 1.21. The minimum absolute atomic E-state index is 0.00808. The zero-order chi connectivity index (χ0) is 8.91. The highest BCUT2D eigenvalue weighted by Crippen LogP contribution is 2.24. The van der Waals surface area contributed by atoms with Crippen molar-refractivity contribution in [1.82, 2.24) is 0 Å². The highest BCUT2D eigenvalue weighted by atomic mass is 32.1. The van der Waals surface area contributed by atoms with Crippen LogP contribution in [0.15, 0.2) is 12.7 Å². The number of carbonyl (C=O) groups excluding carboxylic acids is 1. The van der Waals surface area contributed by atoms with Gasteiger partial charge in [0.15, 0.2) is 5.78 Å². The highest BCUT2D eigenvalue weighted by molar-refractivity contribution is 7.80. The number of hydrogen-bond donors (Lipinski definition) is 0. The third-order valence-corrected chi connectivity index (χ3v) is 1.74. The second kappa shape index (κ2) is 4.39. The molecule has 0 unspecified atom stereocenters. The summed E-state index contributed by atoms with van der Waals surface area (Å²) < 4.78 is 0. The molecule has 0 aromatic rings. The molecule has 62 valence electrons. The quantitative estimate of drug-likeness (QED) is 0.466. The van der Waals surface area contributed by atoms with E-state index in [1.54, 1.807) is 0 Å². The highest BCUT2D eigenvalue weighted by Gasteiger charge is 2.18. The lowest BCUT2D eigenvalue weighted by Gasteiger charge is -2.20. The molecule has 0 spiro atoms. The molecule has 0 saturated carbocycles. The lowest BCUT2D eigenvalue weighted by atomic mass is 9.84. The van der Waals surface area contributed by atoms with Crippen molar-refractivity contribution >= 4 is 23.4 Å². The van der Waals surface area contributed by atoms with Gasteiger partial charge in [-0.15, -0.1) is 6.58 Å². The average Bonchev–Trinajstić information content (AvgIpc) is 1.86. The first-order chi connectivity index (χ1) is 5.02. The molecule has 0 atom stereocenters. The molecule has 11 heavy (non-hydrogen) atoms. The molecule has 1 nitrogen and oxygen atoms in total. The van der Waals surface area contributed by atoms with Crippen LogP contribution in [0.3, 0.4) is 0 Å². The number of thiocarbonyl (C=S) groups is 1. The molecular weight excluding hydrogens is 156 g/mol. The summed E-state index contributed by atoms with van der Waals surface area (Å²) in [6.07, 6.45) is 3.20. The fourth-order valence-electron chi connectivity index (χ4n) is 0.976. The van der Waals surface area contributed by atoms with Gasteiger partial charge in [0.2, 0.25) is 0 Å². The van der Waals surface area contributed by atoms with E-state index in [0.29, 0.717) is 6.42 Å². The zero-order valence-electron chi connectivity index (χ0n) is 7.09. The van der Waals surface area contributed by atoms with Crippen molar-refractivity contribution in [3.63, 3.8) is 0 Å². The van der Waals surface area contributed by atoms with Gasteiger partial charge in [0, 0.05) is 11.8 Å². The fourth-order valence-corrected chi connectivity index (χ4v) is 1.06. The summed E-state index contributed by atoms with van der Waals surface area (Å²) in [4.78, 5) is 10.9. The third kappa shape index (κ3) is 4.85. The molecule has 0 aromatic heterocycles. The monoisotopic (exact) mass is 170 g/mol. The number of carbonyl (C=O) groups is 1. The molecule has 0 bridgehead atoms. The van der Waals surface area contributed by atoms with Gasteiger partial charge in [0.1, 0.15) is 0 Å². The van der Waals surface area contributed by atoms with Gasteiger partial charge in [-0.05, 0) is 11.8 Å². The Bertz CT molecular complexity index is 170. The topological polar surface area (TPSA) is 17.1 Å². The molecule has 0 aliphatic heterocycles. The maximum Gasteiger partial charge on any atom is 0.166 e. The first kappa shape index (κ1) is 10.5. The van der Waals surface area contributed by atoms with Crippen molar-refractivity contribution < 1.29 is 4.79 Å². The van der Waals surface area contributed by atoms with Crippen LogP contribution in [0.2, 0.25) is 0 Å². The molecular formula is C9H14OS. The van der Waals surface area contributed by atoms with Crippen LogP contribution in [0.25, 0.3) is 0 Å². The summed E-state index contributed by atoms with van der Waals surface area (Å²) in [6.45, 7) is 7.70. The normalized spacial score (nSPS) is 10.7. The molecule has 2 heteroatoms. The fraction of sp³-hybridized carbons (Fsp3) is 0.556. The maximum atomic E-state index is 10.9. The lowest BCUT2D eigenvalue weighted by molar-refractivity contribution is -0.114. The standard InChI is InChI=1S/C9H14OS/c1-4-5-9(2,3)6-8(10)7-11/h4,7H,1,5-6H2,2-3H3. The molecule has 0 fully saturated rings. The Morgan fingerprint density at radius 2 is 2.18 bits per heavy atom. The summed E-state index contributed by atoms with van der Waals surface area (Å²) in [5.74, 6) is 0.0341. The largest absolute Gasteiger partial charge is 0.294 e. The average molecular weight is 170 g/mol. The van der Waals surface area contributed by atoms with Crippen LogP contribution in [-0.2, 0) is 4.79 Å². The van der Waals surface area contributed by atoms with Crippen LogP contribution in [0, 0.1) is 5.41 Å². The van der Waals surface area contributed by atoms with Gasteiger partial charge in [-0.25, -0.2) is 0 Å². The number of allylic oxidation sites excluding steroid dienone is 1. The van der Waals surface area contributed by atoms with Crippen molar-refractivity contribution in [3.8, 4) is 0 Å². The minimum Gasteiger partial charge on any atom is -0.294 e. The lowest BCUT2D eigenvalue weighted by Crippen LogP contribution is -2.16. The summed E-state index contributed by atoms with van der Waals surface area (Å²) in [7, 11) is 0. The van der Waals surface area contributed by atoms with Crippen LogP contribution >= 0.6 is 12.2 Å². The summed E-state index contributed by atoms with van der Waals surface area (Å²) in [5.41, 5.74) is 0.00808. The van der Waals surface area contributed by atoms with Gasteiger partial charge in [-0.3, -0.25) is 4.79 Å². The minimum atomic E-state index is 0.00808. The van der Waals surface area contributed by atoms with Crippen molar-refractivity contribution in [1.29, 1.82) is 0 Å². The predicted octanol–water partition coefficient (Wildman–Crippen LogP) is 2.55. The van der Waals surface area contributed by atoms with Gasteiger partial charge in [-0.1, -0.05) is 32.1 Å². The molecule has 0 aliphatic carbocycles.